The highest BCUT2D eigenvalue weighted by Gasteiger charge is 2.36. The van der Waals surface area contributed by atoms with E-state index in [0.29, 0.717) is 47.7 Å². The minimum absolute atomic E-state index is 0.0115. The third-order valence-corrected chi connectivity index (χ3v) is 6.43. The molecule has 0 aliphatic carbocycles. The molecule has 3 heterocycles. The van der Waals surface area contributed by atoms with E-state index in [0.717, 1.165) is 5.56 Å². The molecule has 0 spiro atoms. The van der Waals surface area contributed by atoms with Crippen molar-refractivity contribution >= 4 is 39.9 Å². The largest absolute Gasteiger partial charge is 0.493 e. The summed E-state index contributed by atoms with van der Waals surface area (Å²) in [6.07, 6.45) is 4.50. The summed E-state index contributed by atoms with van der Waals surface area (Å²) in [4.78, 5) is 23.2. The second-order valence-electron chi connectivity index (χ2n) is 8.58. The Kier molecular flexibility index (Phi) is 6.74. The van der Waals surface area contributed by atoms with Crippen LogP contribution < -0.4 is 20.1 Å². The number of hydrogen-bond donors (Lipinski definition) is 2. The highest BCUT2D eigenvalue weighted by molar-refractivity contribution is 6.31. The Labute approximate surface area is 218 Å². The number of nitrogens with one attached hydrogen (secondary N) is 2. The van der Waals surface area contributed by atoms with Crippen molar-refractivity contribution in [2.24, 2.45) is 0 Å². The molecule has 0 unspecified atom stereocenters. The molecule has 2 aromatic carbocycles. The minimum atomic E-state index is -0.593. The SMILES string of the molecule is [2H]CN1C[C@@H](Oc2cc3c(Nc4cccc(Cl)c4F)ncnc3cc2OC)C[C@H]1C(=O)NCc1ccoc1. The molecular formula is C26H25ClFN5O4. The zero-order valence-electron chi connectivity index (χ0n) is 20.9. The second-order valence-corrected chi connectivity index (χ2v) is 8.99. The number of furan rings is 1. The molecule has 1 fully saturated rings. The number of hydrogen-bond acceptors (Lipinski definition) is 8. The van der Waals surface area contributed by atoms with E-state index in [4.69, 9.17) is 26.9 Å². The van der Waals surface area contributed by atoms with Gasteiger partial charge in [-0.1, -0.05) is 17.7 Å². The lowest BCUT2D eigenvalue weighted by atomic mass is 10.1. The maximum Gasteiger partial charge on any atom is 0.237 e. The van der Waals surface area contributed by atoms with E-state index in [1.165, 1.54) is 19.5 Å². The predicted molar refractivity (Wildman–Crippen MR) is 137 cm³/mol. The molecule has 5 rings (SSSR count). The van der Waals surface area contributed by atoms with Crippen molar-refractivity contribution in [3.05, 3.63) is 71.7 Å². The summed E-state index contributed by atoms with van der Waals surface area (Å²) < 4.78 is 39.3. The molecule has 4 aromatic rings. The molecule has 2 aromatic heterocycles. The third kappa shape index (κ3) is 5.30. The van der Waals surface area contributed by atoms with Crippen LogP contribution in [0.5, 0.6) is 11.5 Å². The lowest BCUT2D eigenvalue weighted by Crippen LogP contribution is -2.40. The van der Waals surface area contributed by atoms with E-state index in [-0.39, 0.29) is 29.7 Å². The van der Waals surface area contributed by atoms with Gasteiger partial charge in [0.05, 0.1) is 41.9 Å². The van der Waals surface area contributed by atoms with Gasteiger partial charge in [-0.3, -0.25) is 9.69 Å². The summed E-state index contributed by atoms with van der Waals surface area (Å²) >= 11 is 5.93. The predicted octanol–water partition coefficient (Wildman–Crippen LogP) is 4.54. The average molecular weight is 527 g/mol. The Morgan fingerprint density at radius 3 is 3.00 bits per heavy atom. The number of ether oxygens (including phenoxy) is 2. The van der Waals surface area contributed by atoms with Gasteiger partial charge < -0.3 is 24.5 Å². The van der Waals surface area contributed by atoms with Gasteiger partial charge in [-0.15, -0.1) is 0 Å². The number of benzene rings is 2. The van der Waals surface area contributed by atoms with Crippen LogP contribution >= 0.6 is 11.6 Å². The molecule has 11 heteroatoms. The van der Waals surface area contributed by atoms with Gasteiger partial charge >= 0.3 is 0 Å². The zero-order valence-corrected chi connectivity index (χ0v) is 20.7. The van der Waals surface area contributed by atoms with Crippen LogP contribution in [0.25, 0.3) is 10.9 Å². The van der Waals surface area contributed by atoms with Crippen LogP contribution in [-0.2, 0) is 11.3 Å². The quantitative estimate of drug-likeness (QED) is 0.345. The normalized spacial score (nSPS) is 18.0. The van der Waals surface area contributed by atoms with Crippen LogP contribution in [0.2, 0.25) is 5.02 Å². The van der Waals surface area contributed by atoms with E-state index < -0.39 is 11.9 Å². The fraction of sp³-hybridized carbons (Fsp3) is 0.269. The smallest absolute Gasteiger partial charge is 0.237 e. The molecule has 37 heavy (non-hydrogen) atoms. The first kappa shape index (κ1) is 23.5. The van der Waals surface area contributed by atoms with Crippen LogP contribution in [0.15, 0.2) is 59.7 Å². The van der Waals surface area contributed by atoms with E-state index >= 15 is 0 Å². The van der Waals surface area contributed by atoms with Gasteiger partial charge in [0.1, 0.15) is 18.2 Å². The Balaban J connectivity index is 1.37. The summed E-state index contributed by atoms with van der Waals surface area (Å²) in [5.41, 5.74) is 1.58. The zero-order chi connectivity index (χ0) is 26.6. The van der Waals surface area contributed by atoms with Gasteiger partial charge in [-0.2, -0.15) is 0 Å². The highest BCUT2D eigenvalue weighted by atomic mass is 35.5. The molecule has 0 bridgehead atoms. The van der Waals surface area contributed by atoms with Crippen molar-refractivity contribution in [1.29, 1.82) is 0 Å². The van der Waals surface area contributed by atoms with Gasteiger partial charge in [-0.05, 0) is 31.3 Å². The van der Waals surface area contributed by atoms with Crippen LogP contribution in [0, 0.1) is 5.82 Å². The Hall–Kier alpha value is -3.89. The Morgan fingerprint density at radius 1 is 1.32 bits per heavy atom. The van der Waals surface area contributed by atoms with Gasteiger partial charge in [0, 0.05) is 37.9 Å². The van der Waals surface area contributed by atoms with E-state index in [2.05, 4.69) is 20.6 Å². The summed E-state index contributed by atoms with van der Waals surface area (Å²) in [6.45, 7) is 0.725. The number of nitrogens with zero attached hydrogens (tertiary/aromatic N) is 3. The van der Waals surface area contributed by atoms with Crippen LogP contribution in [-0.4, -0.2) is 53.6 Å². The number of amides is 1. The number of halogens is 2. The number of fused-ring (bicyclic) bond motifs is 1. The first-order valence-corrected chi connectivity index (χ1v) is 11.9. The molecule has 1 saturated heterocycles. The molecule has 0 saturated carbocycles. The maximum atomic E-state index is 14.5. The van der Waals surface area contributed by atoms with Crippen LogP contribution in [0.3, 0.4) is 0 Å². The first-order valence-electron chi connectivity index (χ1n) is 12.2. The maximum absolute atomic E-state index is 14.5. The third-order valence-electron chi connectivity index (χ3n) is 6.13. The molecule has 1 aliphatic heterocycles. The topological polar surface area (TPSA) is 102 Å². The van der Waals surface area contributed by atoms with Crippen molar-refractivity contribution < 1.29 is 24.4 Å². The first-order chi connectivity index (χ1) is 18.5. The molecule has 9 nitrogen and oxygen atoms in total. The van der Waals surface area contributed by atoms with Gasteiger partial charge in [0.25, 0.3) is 0 Å². The fourth-order valence-electron chi connectivity index (χ4n) is 4.24. The summed E-state index contributed by atoms with van der Waals surface area (Å²) in [5, 5.41) is 6.44. The Bertz CT molecular complexity index is 1440. The molecule has 2 N–H and O–H groups in total. The number of methoxy groups -OCH3 is 1. The monoisotopic (exact) mass is 526 g/mol. The number of carbonyl (C=O) groups excluding carboxylic acids is 1. The van der Waals surface area contributed by atoms with E-state index in [9.17, 15) is 9.18 Å². The summed E-state index contributed by atoms with van der Waals surface area (Å²) in [5.74, 6) is 0.447. The number of anilines is 2. The summed E-state index contributed by atoms with van der Waals surface area (Å²) in [7, 11) is 1.47. The average Bonchev–Trinajstić information content (AvgIpc) is 3.60. The number of rotatable bonds is 8. The van der Waals surface area contributed by atoms with Gasteiger partial charge in [0.15, 0.2) is 17.3 Å². The lowest BCUT2D eigenvalue weighted by molar-refractivity contribution is -0.125. The fourth-order valence-corrected chi connectivity index (χ4v) is 4.42. The van der Waals surface area contributed by atoms with Gasteiger partial charge in [-0.25, -0.2) is 14.4 Å². The van der Waals surface area contributed by atoms with Crippen molar-refractivity contribution in [3.63, 3.8) is 0 Å². The summed E-state index contributed by atoms with van der Waals surface area (Å²) in [6, 6.07) is 9.35. The Morgan fingerprint density at radius 2 is 2.22 bits per heavy atom. The van der Waals surface area contributed by atoms with Crippen LogP contribution in [0.1, 0.15) is 13.4 Å². The number of carbonyl (C=O) groups is 1. The number of aromatic nitrogens is 2. The van der Waals surface area contributed by atoms with Gasteiger partial charge in [0.2, 0.25) is 5.91 Å². The van der Waals surface area contributed by atoms with Crippen molar-refractivity contribution in [2.45, 2.75) is 25.1 Å². The molecule has 192 valence electrons. The highest BCUT2D eigenvalue weighted by Crippen LogP contribution is 2.37. The molecule has 1 aliphatic rings. The second kappa shape index (κ2) is 10.6. The van der Waals surface area contributed by atoms with E-state index in [1.807, 2.05) is 0 Å². The number of likely N-dealkylation sites (N-methyl/N-ethyl adjacent to an activating group) is 1. The molecular weight excluding hydrogens is 501 g/mol. The standard InChI is InChI=1S/C26H25ClFN5O4/c1-33-12-16(8-21(33)26(34)29-11-15-6-7-36-13-15)37-23-9-17-20(10-22(23)35-2)30-14-31-25(17)32-19-5-3-4-18(27)24(19)28/h3-7,9-10,13-14,16,21H,8,11-12H2,1-2H3,(H,29,34)(H,30,31,32)/t16-,21-/m0/s1/i1D. The minimum Gasteiger partial charge on any atom is -0.493 e. The van der Waals surface area contributed by atoms with Crippen LogP contribution in [0.4, 0.5) is 15.9 Å². The number of likely N-dealkylation sites (tertiary alicyclic amines) is 1. The lowest BCUT2D eigenvalue weighted by Gasteiger charge is -2.17. The molecule has 2 atom stereocenters. The van der Waals surface area contributed by atoms with E-state index in [1.54, 1.807) is 47.8 Å². The molecule has 1 amide bonds. The van der Waals surface area contributed by atoms with Crippen molar-refractivity contribution in [2.75, 3.05) is 26.0 Å². The van der Waals surface area contributed by atoms with Crippen molar-refractivity contribution in [3.8, 4) is 11.5 Å². The van der Waals surface area contributed by atoms with Crippen molar-refractivity contribution in [1.82, 2.24) is 20.2 Å². The molecule has 0 radical (unpaired) electrons.